The van der Waals surface area contributed by atoms with Gasteiger partial charge in [-0.15, -0.1) is 0 Å². The quantitative estimate of drug-likeness (QED) is 0.378. The summed E-state index contributed by atoms with van der Waals surface area (Å²) in [5.41, 5.74) is -0.101. The van der Waals surface area contributed by atoms with Gasteiger partial charge in [0.15, 0.2) is 0 Å². The molecule has 6 heteroatoms. The number of benzene rings is 1. The molecule has 1 rings (SSSR count). The first kappa shape index (κ1) is 24.0. The van der Waals surface area contributed by atoms with Crippen molar-refractivity contribution in [2.75, 3.05) is 25.1 Å². The van der Waals surface area contributed by atoms with Crippen LogP contribution in [0, 0.1) is 0 Å². The summed E-state index contributed by atoms with van der Waals surface area (Å²) < 4.78 is 16.5. The highest BCUT2D eigenvalue weighted by Gasteiger charge is 2.33. The molecular weight excluding hydrogens is 358 g/mol. The van der Waals surface area contributed by atoms with Crippen LogP contribution >= 0.6 is 0 Å². The van der Waals surface area contributed by atoms with E-state index in [1.807, 2.05) is 20.8 Å². The second-order valence-corrected chi connectivity index (χ2v) is 6.85. The molecule has 0 bridgehead atoms. The molecule has 0 saturated carbocycles. The first-order valence-corrected chi connectivity index (χ1v) is 10.3. The Kier molecular flexibility index (Phi) is 10.6. The van der Waals surface area contributed by atoms with E-state index in [-0.39, 0.29) is 12.5 Å². The van der Waals surface area contributed by atoms with Crippen LogP contribution in [-0.2, 0) is 14.3 Å². The van der Waals surface area contributed by atoms with Crippen LogP contribution in [-0.4, -0.2) is 37.3 Å². The van der Waals surface area contributed by atoms with E-state index in [0.717, 1.165) is 25.7 Å². The van der Waals surface area contributed by atoms with Gasteiger partial charge in [-0.3, -0.25) is 4.79 Å². The minimum atomic E-state index is -0.909. The normalized spacial score (nSPS) is 12.9. The van der Waals surface area contributed by atoms with Gasteiger partial charge >= 0.3 is 5.97 Å². The van der Waals surface area contributed by atoms with E-state index in [4.69, 9.17) is 14.2 Å². The summed E-state index contributed by atoms with van der Waals surface area (Å²) in [5.74, 6) is -0.252. The summed E-state index contributed by atoms with van der Waals surface area (Å²) in [4.78, 5) is 25.2. The summed E-state index contributed by atoms with van der Waals surface area (Å²) in [7, 11) is 0. The highest BCUT2D eigenvalue weighted by atomic mass is 16.5. The fourth-order valence-electron chi connectivity index (χ4n) is 2.81. The van der Waals surface area contributed by atoms with E-state index in [1.165, 1.54) is 0 Å². The zero-order chi connectivity index (χ0) is 21.0. The molecule has 1 aromatic carbocycles. The zero-order valence-electron chi connectivity index (χ0n) is 17.9. The predicted molar refractivity (Wildman–Crippen MR) is 111 cm³/mol. The van der Waals surface area contributed by atoms with Crippen molar-refractivity contribution in [1.82, 2.24) is 0 Å². The molecule has 0 aliphatic carbocycles. The van der Waals surface area contributed by atoms with Crippen molar-refractivity contribution in [2.45, 2.75) is 72.3 Å². The maximum Gasteiger partial charge on any atom is 0.341 e. The molecule has 158 valence electrons. The number of nitrogens with one attached hydrogen (secondary N) is 1. The average molecular weight is 394 g/mol. The molecule has 0 aliphatic heterocycles. The first-order chi connectivity index (χ1) is 13.4. The van der Waals surface area contributed by atoms with Gasteiger partial charge in [0.25, 0.3) is 5.91 Å². The van der Waals surface area contributed by atoms with Crippen LogP contribution in [0.25, 0.3) is 0 Å². The number of carbonyl (C=O) groups excluding carboxylic acids is 2. The standard InChI is InChI=1S/C22H35NO5/c1-6-10-11-14-22(5,28-15-7-2)21(25)23-17-12-13-19(26-8-3)18(16-17)20(24)27-9-4/h12-13,16H,6-11,14-15H2,1-5H3,(H,23,25)/t22-/m1/s1. The smallest absolute Gasteiger partial charge is 0.341 e. The monoisotopic (exact) mass is 393 g/mol. The van der Waals surface area contributed by atoms with Crippen molar-refractivity contribution in [3.05, 3.63) is 23.8 Å². The van der Waals surface area contributed by atoms with Crippen molar-refractivity contribution in [2.24, 2.45) is 0 Å². The SMILES string of the molecule is CCCCC[C@@](C)(OCCC)C(=O)Nc1ccc(OCC)c(C(=O)OCC)c1. The number of carbonyl (C=O) groups is 2. The third-order valence-electron chi connectivity index (χ3n) is 4.40. The summed E-state index contributed by atoms with van der Waals surface area (Å²) in [5, 5.41) is 2.90. The Balaban J connectivity index is 3.02. The Morgan fingerprint density at radius 3 is 2.39 bits per heavy atom. The highest BCUT2D eigenvalue weighted by molar-refractivity contribution is 5.99. The lowest BCUT2D eigenvalue weighted by molar-refractivity contribution is -0.140. The lowest BCUT2D eigenvalue weighted by Crippen LogP contribution is -2.43. The minimum Gasteiger partial charge on any atom is -0.493 e. The number of amides is 1. The lowest BCUT2D eigenvalue weighted by Gasteiger charge is -2.29. The van der Waals surface area contributed by atoms with Gasteiger partial charge < -0.3 is 19.5 Å². The average Bonchev–Trinajstić information content (AvgIpc) is 2.68. The minimum absolute atomic E-state index is 0.212. The molecule has 1 atom stereocenters. The van der Waals surface area contributed by atoms with E-state index in [9.17, 15) is 9.59 Å². The Hall–Kier alpha value is -2.08. The molecule has 0 radical (unpaired) electrons. The number of hydrogen-bond acceptors (Lipinski definition) is 5. The van der Waals surface area contributed by atoms with E-state index in [1.54, 1.807) is 25.1 Å². The van der Waals surface area contributed by atoms with Crippen LogP contribution in [0.2, 0.25) is 0 Å². The van der Waals surface area contributed by atoms with Gasteiger partial charge in [-0.25, -0.2) is 4.79 Å². The second kappa shape index (κ2) is 12.4. The number of rotatable bonds is 13. The van der Waals surface area contributed by atoms with Crippen LogP contribution in [0.15, 0.2) is 18.2 Å². The fraction of sp³-hybridized carbons (Fsp3) is 0.636. The topological polar surface area (TPSA) is 73.9 Å². The summed E-state index contributed by atoms with van der Waals surface area (Å²) in [6, 6.07) is 4.98. The first-order valence-electron chi connectivity index (χ1n) is 10.3. The summed E-state index contributed by atoms with van der Waals surface area (Å²) >= 11 is 0. The Morgan fingerprint density at radius 1 is 1.04 bits per heavy atom. The van der Waals surface area contributed by atoms with Crippen LogP contribution < -0.4 is 10.1 Å². The largest absolute Gasteiger partial charge is 0.493 e. The lowest BCUT2D eigenvalue weighted by atomic mass is 9.96. The number of ether oxygens (including phenoxy) is 3. The molecular formula is C22H35NO5. The van der Waals surface area contributed by atoms with Gasteiger partial charge in [-0.05, 0) is 51.8 Å². The van der Waals surface area contributed by atoms with Crippen molar-refractivity contribution in [1.29, 1.82) is 0 Å². The number of esters is 1. The van der Waals surface area contributed by atoms with Gasteiger partial charge in [0.1, 0.15) is 16.9 Å². The highest BCUT2D eigenvalue weighted by Crippen LogP contribution is 2.27. The summed E-state index contributed by atoms with van der Waals surface area (Å²) in [6.45, 7) is 10.8. The van der Waals surface area contributed by atoms with Gasteiger partial charge in [0.2, 0.25) is 0 Å². The third-order valence-corrected chi connectivity index (χ3v) is 4.40. The second-order valence-electron chi connectivity index (χ2n) is 6.85. The van der Waals surface area contributed by atoms with Crippen LogP contribution in [0.5, 0.6) is 5.75 Å². The molecule has 0 heterocycles. The van der Waals surface area contributed by atoms with Crippen molar-refractivity contribution in [3.63, 3.8) is 0 Å². The van der Waals surface area contributed by atoms with E-state index < -0.39 is 11.6 Å². The Bertz CT molecular complexity index is 631. The predicted octanol–water partition coefficient (Wildman–Crippen LogP) is 4.97. The molecule has 0 aromatic heterocycles. The van der Waals surface area contributed by atoms with Gasteiger partial charge in [0.05, 0.1) is 13.2 Å². The maximum absolute atomic E-state index is 13.0. The molecule has 0 spiro atoms. The molecule has 1 amide bonds. The van der Waals surface area contributed by atoms with Crippen LogP contribution in [0.3, 0.4) is 0 Å². The molecule has 0 unspecified atom stereocenters. The van der Waals surface area contributed by atoms with Crippen molar-refractivity contribution < 1.29 is 23.8 Å². The number of unbranched alkanes of at least 4 members (excludes halogenated alkanes) is 2. The van der Waals surface area contributed by atoms with Crippen LogP contribution in [0.4, 0.5) is 5.69 Å². The molecule has 0 saturated heterocycles. The van der Waals surface area contributed by atoms with Crippen molar-refractivity contribution in [3.8, 4) is 5.75 Å². The zero-order valence-corrected chi connectivity index (χ0v) is 17.9. The molecule has 6 nitrogen and oxygen atoms in total. The molecule has 0 fully saturated rings. The third kappa shape index (κ3) is 7.15. The number of anilines is 1. The van der Waals surface area contributed by atoms with E-state index in [2.05, 4.69) is 12.2 Å². The van der Waals surface area contributed by atoms with Crippen molar-refractivity contribution >= 4 is 17.6 Å². The van der Waals surface area contributed by atoms with Crippen LogP contribution in [0.1, 0.15) is 77.1 Å². The van der Waals surface area contributed by atoms with Gasteiger partial charge in [-0.2, -0.15) is 0 Å². The maximum atomic E-state index is 13.0. The Morgan fingerprint density at radius 2 is 1.79 bits per heavy atom. The van der Waals surface area contributed by atoms with E-state index >= 15 is 0 Å². The summed E-state index contributed by atoms with van der Waals surface area (Å²) in [6.07, 6.45) is 4.53. The van der Waals surface area contributed by atoms with Gasteiger partial charge in [0, 0.05) is 12.3 Å². The molecule has 0 aliphatic rings. The number of hydrogen-bond donors (Lipinski definition) is 1. The molecule has 1 aromatic rings. The van der Waals surface area contributed by atoms with E-state index in [0.29, 0.717) is 36.6 Å². The van der Waals surface area contributed by atoms with Gasteiger partial charge in [-0.1, -0.05) is 33.1 Å². The fourth-order valence-corrected chi connectivity index (χ4v) is 2.81. The molecule has 28 heavy (non-hydrogen) atoms. The Labute approximate surface area is 168 Å². The molecule has 1 N–H and O–H groups in total.